The molecule has 0 aliphatic rings. The predicted molar refractivity (Wildman–Crippen MR) is 69.9 cm³/mol. The van der Waals surface area contributed by atoms with Crippen LogP contribution in [0.5, 0.6) is 5.75 Å². The average molecular weight is 278 g/mol. The van der Waals surface area contributed by atoms with Gasteiger partial charge in [0.1, 0.15) is 5.75 Å². The number of hydrogen-bond donors (Lipinski definition) is 2. The Hall–Kier alpha value is -2.41. The first kappa shape index (κ1) is 13.0. The first-order valence-electron chi connectivity index (χ1n) is 5.25. The Labute approximate surface area is 112 Å². The summed E-state index contributed by atoms with van der Waals surface area (Å²) in [5.74, 6) is -1.55. The average Bonchev–Trinajstić information content (AvgIpc) is 2.86. The summed E-state index contributed by atoms with van der Waals surface area (Å²) < 4.78 is 0. The lowest BCUT2D eigenvalue weighted by molar-refractivity contribution is 0.0691. The van der Waals surface area contributed by atoms with Crippen molar-refractivity contribution in [3.63, 3.8) is 0 Å². The lowest BCUT2D eigenvalue weighted by Crippen LogP contribution is -2.26. The molecule has 1 heterocycles. The molecule has 0 saturated heterocycles. The van der Waals surface area contributed by atoms with Crippen molar-refractivity contribution in [3.8, 4) is 5.75 Å². The number of aromatic nitrogens is 1. The largest absolute Gasteiger partial charge is 0.508 e. The number of amides is 1. The highest BCUT2D eigenvalue weighted by atomic mass is 32.1. The second-order valence-corrected chi connectivity index (χ2v) is 4.59. The van der Waals surface area contributed by atoms with Gasteiger partial charge in [-0.25, -0.2) is 9.78 Å². The number of thiazole rings is 1. The molecule has 0 bridgehead atoms. The molecule has 2 aromatic rings. The first-order chi connectivity index (χ1) is 8.99. The number of carbonyl (C=O) groups excluding carboxylic acids is 1. The molecule has 2 N–H and O–H groups in total. The van der Waals surface area contributed by atoms with Crippen LogP contribution in [0, 0.1) is 0 Å². The summed E-state index contributed by atoms with van der Waals surface area (Å²) in [6, 6.07) is 6.19. The van der Waals surface area contributed by atoms with Gasteiger partial charge in [-0.2, -0.15) is 0 Å². The van der Waals surface area contributed by atoms with Gasteiger partial charge in [0.05, 0.1) is 0 Å². The normalized spacial score (nSPS) is 10.2. The van der Waals surface area contributed by atoms with E-state index in [-0.39, 0.29) is 16.5 Å². The van der Waals surface area contributed by atoms with Gasteiger partial charge in [0.25, 0.3) is 5.91 Å². The van der Waals surface area contributed by atoms with Gasteiger partial charge in [-0.1, -0.05) is 6.07 Å². The van der Waals surface area contributed by atoms with E-state index >= 15 is 0 Å². The fourth-order valence-corrected chi connectivity index (χ4v) is 2.20. The van der Waals surface area contributed by atoms with Crippen LogP contribution >= 0.6 is 11.3 Å². The monoisotopic (exact) mass is 278 g/mol. The second kappa shape index (κ2) is 5.07. The number of hydrogen-bond acceptors (Lipinski definition) is 5. The number of aromatic hydroxyl groups is 1. The van der Waals surface area contributed by atoms with E-state index in [4.69, 9.17) is 5.11 Å². The molecule has 98 valence electrons. The zero-order valence-electron chi connectivity index (χ0n) is 9.90. The second-order valence-electron chi connectivity index (χ2n) is 3.73. The van der Waals surface area contributed by atoms with Gasteiger partial charge in [-0.3, -0.25) is 4.79 Å². The van der Waals surface area contributed by atoms with E-state index in [2.05, 4.69) is 4.98 Å². The van der Waals surface area contributed by atoms with Crippen molar-refractivity contribution >= 4 is 28.9 Å². The zero-order chi connectivity index (χ0) is 14.0. The zero-order valence-corrected chi connectivity index (χ0v) is 10.7. The van der Waals surface area contributed by atoms with Gasteiger partial charge in [-0.05, 0) is 12.1 Å². The van der Waals surface area contributed by atoms with Crippen LogP contribution in [0.15, 0.2) is 29.6 Å². The fourth-order valence-electron chi connectivity index (χ4n) is 1.43. The molecule has 6 nitrogen and oxygen atoms in total. The molecule has 19 heavy (non-hydrogen) atoms. The Morgan fingerprint density at radius 2 is 2.11 bits per heavy atom. The van der Waals surface area contributed by atoms with E-state index in [1.165, 1.54) is 29.5 Å². The summed E-state index contributed by atoms with van der Waals surface area (Å²) in [5, 5.41) is 19.5. The Morgan fingerprint density at radius 3 is 2.68 bits per heavy atom. The maximum atomic E-state index is 12.1. The highest BCUT2D eigenvalue weighted by molar-refractivity contribution is 7.12. The highest BCUT2D eigenvalue weighted by Gasteiger charge is 2.19. The summed E-state index contributed by atoms with van der Waals surface area (Å²) in [6.45, 7) is 0. The van der Waals surface area contributed by atoms with Gasteiger partial charge in [0, 0.05) is 24.2 Å². The van der Waals surface area contributed by atoms with Crippen LogP contribution in [0.1, 0.15) is 20.3 Å². The minimum absolute atomic E-state index is 0.0440. The lowest BCUT2D eigenvalue weighted by Gasteiger charge is -2.15. The number of rotatable bonds is 3. The topological polar surface area (TPSA) is 90.7 Å². The van der Waals surface area contributed by atoms with E-state index in [0.717, 1.165) is 11.3 Å². The van der Waals surface area contributed by atoms with Gasteiger partial charge in [-0.15, -0.1) is 11.3 Å². The van der Waals surface area contributed by atoms with E-state index < -0.39 is 11.9 Å². The highest BCUT2D eigenvalue weighted by Crippen LogP contribution is 2.21. The molecule has 0 fully saturated rings. The summed E-state index contributed by atoms with van der Waals surface area (Å²) in [7, 11) is 1.53. The standard InChI is InChI=1S/C12H10N2O4S/c1-14(7-3-2-4-8(15)5-7)11(16)10-13-9(6-19-10)12(17)18/h2-6,15H,1H3,(H,17,18). The molecule has 0 unspecified atom stereocenters. The van der Waals surface area contributed by atoms with Crippen LogP contribution in [0.25, 0.3) is 0 Å². The molecule has 2 rings (SSSR count). The van der Waals surface area contributed by atoms with E-state index in [9.17, 15) is 14.7 Å². The number of carbonyl (C=O) groups is 2. The lowest BCUT2D eigenvalue weighted by atomic mass is 10.3. The number of nitrogens with zero attached hydrogens (tertiary/aromatic N) is 2. The van der Waals surface area contributed by atoms with Gasteiger partial charge in [0.15, 0.2) is 10.7 Å². The van der Waals surface area contributed by atoms with Crippen molar-refractivity contribution in [2.24, 2.45) is 0 Å². The Morgan fingerprint density at radius 1 is 1.37 bits per heavy atom. The number of phenols is 1. The Kier molecular flexibility index (Phi) is 3.48. The van der Waals surface area contributed by atoms with Crippen molar-refractivity contribution in [1.29, 1.82) is 0 Å². The third-order valence-electron chi connectivity index (χ3n) is 2.43. The molecule has 1 amide bonds. The quantitative estimate of drug-likeness (QED) is 0.893. The Balaban J connectivity index is 2.25. The smallest absolute Gasteiger partial charge is 0.355 e. The van der Waals surface area contributed by atoms with Crippen LogP contribution in [-0.2, 0) is 0 Å². The van der Waals surface area contributed by atoms with Crippen molar-refractivity contribution < 1.29 is 19.8 Å². The summed E-state index contributed by atoms with van der Waals surface area (Å²) in [6.07, 6.45) is 0. The van der Waals surface area contributed by atoms with E-state index in [0.29, 0.717) is 5.69 Å². The number of anilines is 1. The summed E-state index contributed by atoms with van der Waals surface area (Å²) in [4.78, 5) is 27.8. The number of aromatic carboxylic acids is 1. The Bertz CT molecular complexity index is 638. The van der Waals surface area contributed by atoms with Crippen LogP contribution < -0.4 is 4.90 Å². The third-order valence-corrected chi connectivity index (χ3v) is 3.26. The predicted octanol–water partition coefficient (Wildman–Crippen LogP) is 1.82. The molecule has 0 spiro atoms. The minimum atomic E-state index is -1.17. The van der Waals surface area contributed by atoms with Crippen LogP contribution in [0.4, 0.5) is 5.69 Å². The number of phenolic OH excluding ortho intramolecular Hbond substituents is 1. The van der Waals surface area contributed by atoms with E-state index in [1.807, 2.05) is 0 Å². The van der Waals surface area contributed by atoms with Crippen LogP contribution in [-0.4, -0.2) is 34.1 Å². The van der Waals surface area contributed by atoms with Gasteiger partial charge in [0.2, 0.25) is 0 Å². The van der Waals surface area contributed by atoms with Crippen molar-refractivity contribution in [2.75, 3.05) is 11.9 Å². The fraction of sp³-hybridized carbons (Fsp3) is 0.0833. The molecule has 0 atom stereocenters. The maximum Gasteiger partial charge on any atom is 0.355 e. The molecule has 0 saturated carbocycles. The molecule has 1 aromatic heterocycles. The molecule has 0 aliphatic heterocycles. The SMILES string of the molecule is CN(C(=O)c1nc(C(=O)O)cs1)c1cccc(O)c1. The summed E-state index contributed by atoms with van der Waals surface area (Å²) in [5.41, 5.74) is 0.342. The van der Waals surface area contributed by atoms with Gasteiger partial charge >= 0.3 is 5.97 Å². The van der Waals surface area contributed by atoms with Crippen LogP contribution in [0.2, 0.25) is 0 Å². The van der Waals surface area contributed by atoms with E-state index in [1.54, 1.807) is 12.1 Å². The third kappa shape index (κ3) is 2.71. The number of carboxylic acids is 1. The van der Waals surface area contributed by atoms with Crippen molar-refractivity contribution in [2.45, 2.75) is 0 Å². The molecule has 7 heteroatoms. The molecule has 0 radical (unpaired) electrons. The number of carboxylic acid groups (broad SMARTS) is 1. The summed E-state index contributed by atoms with van der Waals surface area (Å²) >= 11 is 0.968. The van der Waals surface area contributed by atoms with Gasteiger partial charge < -0.3 is 15.1 Å². The maximum absolute atomic E-state index is 12.1. The first-order valence-corrected chi connectivity index (χ1v) is 6.13. The molecular formula is C12H10N2O4S. The molecular weight excluding hydrogens is 268 g/mol. The minimum Gasteiger partial charge on any atom is -0.508 e. The molecule has 0 aliphatic carbocycles. The van der Waals surface area contributed by atoms with Crippen molar-refractivity contribution in [1.82, 2.24) is 4.98 Å². The number of benzene rings is 1. The molecule has 1 aromatic carbocycles. The van der Waals surface area contributed by atoms with Crippen LogP contribution in [0.3, 0.4) is 0 Å². The van der Waals surface area contributed by atoms with Crippen molar-refractivity contribution in [3.05, 3.63) is 40.3 Å².